The van der Waals surface area contributed by atoms with Crippen molar-refractivity contribution in [2.45, 2.75) is 18.2 Å². The molecule has 0 saturated carbocycles. The Balaban J connectivity index is 1.46. The zero-order chi connectivity index (χ0) is 21.5. The number of H-pyrrole nitrogens is 1. The number of aromatic nitrogens is 2. The summed E-state index contributed by atoms with van der Waals surface area (Å²) in [4.78, 5) is 20.9. The van der Waals surface area contributed by atoms with Crippen molar-refractivity contribution >= 4 is 27.0 Å². The average Bonchev–Trinajstić information content (AvgIpc) is 3.17. The number of fused-ring (bicyclic) bond motifs is 1. The Hall–Kier alpha value is -2.85. The number of carbonyl (C=O) groups excluding carboxylic acids is 1. The van der Waals surface area contributed by atoms with Gasteiger partial charge in [-0.25, -0.2) is 22.2 Å². The Bertz CT molecular complexity index is 1180. The van der Waals surface area contributed by atoms with Crippen LogP contribution in [-0.4, -0.2) is 59.7 Å². The molecule has 2 heterocycles. The van der Waals surface area contributed by atoms with Gasteiger partial charge in [-0.1, -0.05) is 17.7 Å². The standard InChI is InChI=1S/C20H20F2N4O3S/c1-13-2-5-15(6-3-13)30(28,29)26-10-8-25(9-11-26)20(27)14-4-7-16-17(12-14)24-19(23-16)18(21)22/h2-7,12,18H,8-11H2,1H3,(H,23,24). The number of amides is 1. The zero-order valence-electron chi connectivity index (χ0n) is 16.2. The van der Waals surface area contributed by atoms with Gasteiger partial charge in [-0.15, -0.1) is 0 Å². The van der Waals surface area contributed by atoms with Gasteiger partial charge >= 0.3 is 0 Å². The smallest absolute Gasteiger partial charge is 0.295 e. The Labute approximate surface area is 172 Å². The lowest BCUT2D eigenvalue weighted by molar-refractivity contribution is 0.0698. The predicted octanol–water partition coefficient (Wildman–Crippen LogP) is 2.96. The van der Waals surface area contributed by atoms with E-state index >= 15 is 0 Å². The van der Waals surface area contributed by atoms with Crippen molar-refractivity contribution < 1.29 is 22.0 Å². The number of sulfonamides is 1. The summed E-state index contributed by atoms with van der Waals surface area (Å²) in [5.74, 6) is -0.720. The first-order chi connectivity index (χ1) is 14.3. The second-order valence-electron chi connectivity index (χ2n) is 7.16. The highest BCUT2D eigenvalue weighted by molar-refractivity contribution is 7.89. The summed E-state index contributed by atoms with van der Waals surface area (Å²) in [6.45, 7) is 2.74. The Kier molecular flexibility index (Phi) is 5.29. The maximum absolute atomic E-state index is 12.8. The van der Waals surface area contributed by atoms with Gasteiger partial charge in [-0.05, 0) is 37.3 Å². The number of halogens is 2. The van der Waals surface area contributed by atoms with Gasteiger partial charge in [0, 0.05) is 31.7 Å². The molecule has 3 aromatic rings. The van der Waals surface area contributed by atoms with Crippen molar-refractivity contribution in [2.75, 3.05) is 26.2 Å². The van der Waals surface area contributed by atoms with E-state index in [2.05, 4.69) is 9.97 Å². The zero-order valence-corrected chi connectivity index (χ0v) is 17.0. The number of carbonyl (C=O) groups is 1. The van der Waals surface area contributed by atoms with Crippen LogP contribution in [-0.2, 0) is 10.0 Å². The van der Waals surface area contributed by atoms with Crippen molar-refractivity contribution in [3.8, 4) is 0 Å². The SMILES string of the molecule is Cc1ccc(S(=O)(=O)N2CCN(C(=O)c3ccc4nc(C(F)F)[nH]c4c3)CC2)cc1. The van der Waals surface area contributed by atoms with Crippen LogP contribution < -0.4 is 0 Å². The molecule has 0 aliphatic carbocycles. The number of piperazine rings is 1. The molecule has 0 spiro atoms. The van der Waals surface area contributed by atoms with Crippen LogP contribution in [0, 0.1) is 6.92 Å². The molecule has 158 valence electrons. The lowest BCUT2D eigenvalue weighted by Gasteiger charge is -2.34. The number of aromatic amines is 1. The number of nitrogens with zero attached hydrogens (tertiary/aromatic N) is 3. The van der Waals surface area contributed by atoms with Gasteiger partial charge in [-0.3, -0.25) is 4.79 Å². The summed E-state index contributed by atoms with van der Waals surface area (Å²) >= 11 is 0. The maximum Gasteiger partial charge on any atom is 0.295 e. The second kappa shape index (κ2) is 7.77. The summed E-state index contributed by atoms with van der Waals surface area (Å²) in [6.07, 6.45) is -2.72. The number of rotatable bonds is 4. The molecule has 2 aromatic carbocycles. The van der Waals surface area contributed by atoms with Gasteiger partial charge in [0.25, 0.3) is 12.3 Å². The van der Waals surface area contributed by atoms with Crippen molar-refractivity contribution in [3.63, 3.8) is 0 Å². The quantitative estimate of drug-likeness (QED) is 0.684. The van der Waals surface area contributed by atoms with Crippen molar-refractivity contribution in [1.29, 1.82) is 0 Å². The topological polar surface area (TPSA) is 86.4 Å². The Morgan fingerprint density at radius 2 is 1.73 bits per heavy atom. The van der Waals surface area contributed by atoms with E-state index in [-0.39, 0.29) is 37.0 Å². The maximum atomic E-state index is 12.8. The van der Waals surface area contributed by atoms with Gasteiger partial charge in [-0.2, -0.15) is 4.31 Å². The molecule has 1 fully saturated rings. The lowest BCUT2D eigenvalue weighted by Crippen LogP contribution is -2.50. The summed E-state index contributed by atoms with van der Waals surface area (Å²) in [6, 6.07) is 11.2. The van der Waals surface area contributed by atoms with Crippen molar-refractivity contribution in [2.24, 2.45) is 0 Å². The van der Waals surface area contributed by atoms with Gasteiger partial charge in [0.05, 0.1) is 15.9 Å². The fraction of sp³-hybridized carbons (Fsp3) is 0.300. The molecule has 1 aromatic heterocycles. The molecule has 0 radical (unpaired) electrons. The number of hydrogen-bond donors (Lipinski definition) is 1. The first-order valence-corrected chi connectivity index (χ1v) is 10.8. The minimum Gasteiger partial charge on any atom is -0.337 e. The van der Waals surface area contributed by atoms with Crippen LogP contribution >= 0.6 is 0 Å². The summed E-state index contributed by atoms with van der Waals surface area (Å²) in [7, 11) is -3.62. The van der Waals surface area contributed by atoms with E-state index in [4.69, 9.17) is 0 Å². The highest BCUT2D eigenvalue weighted by Crippen LogP contribution is 2.22. The third kappa shape index (κ3) is 3.80. The van der Waals surface area contributed by atoms with Crippen molar-refractivity contribution in [1.82, 2.24) is 19.2 Å². The highest BCUT2D eigenvalue weighted by Gasteiger charge is 2.30. The van der Waals surface area contributed by atoms with Crippen LogP contribution in [0.15, 0.2) is 47.4 Å². The van der Waals surface area contributed by atoms with E-state index in [1.807, 2.05) is 6.92 Å². The van der Waals surface area contributed by atoms with E-state index < -0.39 is 22.3 Å². The molecule has 1 aliphatic rings. The molecule has 1 saturated heterocycles. The second-order valence-corrected chi connectivity index (χ2v) is 9.10. The minimum absolute atomic E-state index is 0.184. The molecule has 1 amide bonds. The van der Waals surface area contributed by atoms with Crippen molar-refractivity contribution in [3.05, 3.63) is 59.4 Å². The van der Waals surface area contributed by atoms with Crippen LogP contribution in [0.3, 0.4) is 0 Å². The number of imidazole rings is 1. The number of alkyl halides is 2. The lowest BCUT2D eigenvalue weighted by atomic mass is 10.1. The van der Waals surface area contributed by atoms with Crippen LogP contribution in [0.4, 0.5) is 8.78 Å². The van der Waals surface area contributed by atoms with E-state index in [0.717, 1.165) is 5.56 Å². The highest BCUT2D eigenvalue weighted by atomic mass is 32.2. The largest absolute Gasteiger partial charge is 0.337 e. The summed E-state index contributed by atoms with van der Waals surface area (Å²) < 4.78 is 52.6. The Morgan fingerprint density at radius 1 is 1.07 bits per heavy atom. The molecular weight excluding hydrogens is 414 g/mol. The number of benzene rings is 2. The third-order valence-electron chi connectivity index (χ3n) is 5.14. The molecule has 30 heavy (non-hydrogen) atoms. The molecule has 10 heteroatoms. The van der Waals surface area contributed by atoms with Crippen LogP contribution in [0.2, 0.25) is 0 Å². The van der Waals surface area contributed by atoms with Crippen LogP contribution in [0.25, 0.3) is 11.0 Å². The molecule has 4 rings (SSSR count). The normalized spacial score (nSPS) is 15.8. The fourth-order valence-corrected chi connectivity index (χ4v) is 4.86. The van der Waals surface area contributed by atoms with Gasteiger partial charge in [0.2, 0.25) is 10.0 Å². The molecule has 0 atom stereocenters. The van der Waals surface area contributed by atoms with Gasteiger partial charge in [0.15, 0.2) is 5.82 Å². The molecule has 0 bridgehead atoms. The van der Waals surface area contributed by atoms with E-state index in [1.54, 1.807) is 29.2 Å². The molecule has 0 unspecified atom stereocenters. The summed E-state index contributed by atoms with van der Waals surface area (Å²) in [5.41, 5.74) is 2.02. The van der Waals surface area contributed by atoms with Crippen LogP contribution in [0.1, 0.15) is 28.2 Å². The first kappa shape index (κ1) is 20.4. The molecular formula is C20H20F2N4O3S. The van der Waals surface area contributed by atoms with Gasteiger partial charge in [0.1, 0.15) is 0 Å². The molecule has 7 nitrogen and oxygen atoms in total. The number of aryl methyl sites for hydroxylation is 1. The average molecular weight is 434 g/mol. The minimum atomic E-state index is -3.62. The fourth-order valence-electron chi connectivity index (χ4n) is 3.44. The summed E-state index contributed by atoms with van der Waals surface area (Å²) in [5, 5.41) is 0. The monoisotopic (exact) mass is 434 g/mol. The molecule has 1 aliphatic heterocycles. The van der Waals surface area contributed by atoms with Crippen LogP contribution in [0.5, 0.6) is 0 Å². The van der Waals surface area contributed by atoms with E-state index in [0.29, 0.717) is 16.6 Å². The Morgan fingerprint density at radius 3 is 2.37 bits per heavy atom. The number of hydrogen-bond acceptors (Lipinski definition) is 4. The van der Waals surface area contributed by atoms with E-state index in [9.17, 15) is 22.0 Å². The van der Waals surface area contributed by atoms with Gasteiger partial charge < -0.3 is 9.88 Å². The molecule has 1 N–H and O–H groups in total. The third-order valence-corrected chi connectivity index (χ3v) is 7.05. The predicted molar refractivity (Wildman–Crippen MR) is 107 cm³/mol. The first-order valence-electron chi connectivity index (χ1n) is 9.39. The number of nitrogens with one attached hydrogen (secondary N) is 1. The van der Waals surface area contributed by atoms with E-state index in [1.165, 1.54) is 22.5 Å².